The van der Waals surface area contributed by atoms with Crippen LogP contribution in [-0.2, 0) is 5.41 Å². The SMILES string of the molecule is OCCC1(C(F)(F)F)c2cc(Cl)ccc2Nc2ncccc21. The fourth-order valence-electron chi connectivity index (χ4n) is 2.98. The number of fused-ring (bicyclic) bond motifs is 2. The van der Waals surface area contributed by atoms with Gasteiger partial charge in [0.25, 0.3) is 0 Å². The van der Waals surface area contributed by atoms with E-state index in [-0.39, 0.29) is 22.0 Å². The van der Waals surface area contributed by atoms with Crippen molar-refractivity contribution in [2.45, 2.75) is 18.0 Å². The Morgan fingerprint density at radius 2 is 2.00 bits per heavy atom. The Hall–Kier alpha value is -1.79. The number of alkyl halides is 3. The number of rotatable bonds is 2. The van der Waals surface area contributed by atoms with Crippen molar-refractivity contribution in [3.05, 3.63) is 52.7 Å². The van der Waals surface area contributed by atoms with E-state index in [1.807, 2.05) is 0 Å². The highest BCUT2D eigenvalue weighted by atomic mass is 35.5. The zero-order chi connectivity index (χ0) is 16.0. The van der Waals surface area contributed by atoms with Gasteiger partial charge in [-0.2, -0.15) is 13.2 Å². The summed E-state index contributed by atoms with van der Waals surface area (Å²) in [6.07, 6.45) is -3.67. The summed E-state index contributed by atoms with van der Waals surface area (Å²) in [5.74, 6) is 0.142. The highest BCUT2D eigenvalue weighted by Crippen LogP contribution is 2.55. The van der Waals surface area contributed by atoms with Crippen LogP contribution in [-0.4, -0.2) is 22.9 Å². The van der Waals surface area contributed by atoms with Crippen molar-refractivity contribution in [2.24, 2.45) is 0 Å². The Labute approximate surface area is 129 Å². The van der Waals surface area contributed by atoms with Crippen molar-refractivity contribution in [3.63, 3.8) is 0 Å². The topological polar surface area (TPSA) is 45.1 Å². The normalized spacial score (nSPS) is 20.0. The van der Waals surface area contributed by atoms with Gasteiger partial charge in [-0.05, 0) is 36.2 Å². The van der Waals surface area contributed by atoms with Crippen LogP contribution in [0.2, 0.25) is 5.02 Å². The van der Waals surface area contributed by atoms with Gasteiger partial charge in [0, 0.05) is 29.1 Å². The van der Waals surface area contributed by atoms with Crippen LogP contribution in [0.1, 0.15) is 17.5 Å². The predicted molar refractivity (Wildman–Crippen MR) is 77.5 cm³/mol. The van der Waals surface area contributed by atoms with E-state index in [1.54, 1.807) is 0 Å². The molecule has 2 heterocycles. The molecule has 2 N–H and O–H groups in total. The minimum Gasteiger partial charge on any atom is -0.396 e. The van der Waals surface area contributed by atoms with Crippen LogP contribution >= 0.6 is 11.6 Å². The summed E-state index contributed by atoms with van der Waals surface area (Å²) in [6.45, 7) is -0.611. The maximum absolute atomic E-state index is 14.1. The second-order valence-electron chi connectivity index (χ2n) is 5.09. The predicted octanol–water partition coefficient (Wildman–Crippen LogP) is 4.02. The molecule has 1 aromatic heterocycles. The van der Waals surface area contributed by atoms with Crippen LogP contribution in [0.25, 0.3) is 0 Å². The van der Waals surface area contributed by atoms with Gasteiger partial charge in [0.05, 0.1) is 0 Å². The highest BCUT2D eigenvalue weighted by molar-refractivity contribution is 6.30. The van der Waals surface area contributed by atoms with Crippen LogP contribution in [0, 0.1) is 0 Å². The monoisotopic (exact) mass is 328 g/mol. The lowest BCUT2D eigenvalue weighted by Gasteiger charge is -2.41. The van der Waals surface area contributed by atoms with Gasteiger partial charge >= 0.3 is 6.18 Å². The second kappa shape index (κ2) is 5.14. The standard InChI is InChI=1S/C15H12ClF3N2O/c16-9-3-4-12-11(8-9)14(5-7-22,15(17,18)19)10-2-1-6-20-13(10)21-12/h1-4,6,8,22H,5,7H2,(H,20,21). The summed E-state index contributed by atoms with van der Waals surface area (Å²) in [6, 6.07) is 7.13. The highest BCUT2D eigenvalue weighted by Gasteiger charge is 2.60. The van der Waals surface area contributed by atoms with Gasteiger partial charge in [0.15, 0.2) is 0 Å². The van der Waals surface area contributed by atoms with Gasteiger partial charge in [-0.25, -0.2) is 4.98 Å². The molecule has 1 aliphatic heterocycles. The first kappa shape index (κ1) is 15.1. The van der Waals surface area contributed by atoms with E-state index >= 15 is 0 Å². The second-order valence-corrected chi connectivity index (χ2v) is 5.53. The molecular weight excluding hydrogens is 317 g/mol. The third-order valence-electron chi connectivity index (χ3n) is 3.93. The van der Waals surface area contributed by atoms with Gasteiger partial charge in [0.1, 0.15) is 11.2 Å². The largest absolute Gasteiger partial charge is 0.402 e. The summed E-state index contributed by atoms with van der Waals surface area (Å²) in [5, 5.41) is 12.4. The molecule has 3 rings (SSSR count). The molecule has 0 saturated heterocycles. The number of halogens is 4. The summed E-state index contributed by atoms with van der Waals surface area (Å²) >= 11 is 5.91. The average Bonchev–Trinajstić information content (AvgIpc) is 2.46. The van der Waals surface area contributed by atoms with E-state index in [0.29, 0.717) is 5.69 Å². The Balaban J connectivity index is 2.38. The molecule has 22 heavy (non-hydrogen) atoms. The van der Waals surface area contributed by atoms with Gasteiger partial charge in [-0.3, -0.25) is 0 Å². The average molecular weight is 329 g/mol. The maximum atomic E-state index is 14.1. The number of aliphatic hydroxyl groups is 1. The van der Waals surface area contributed by atoms with Crippen molar-refractivity contribution >= 4 is 23.1 Å². The summed E-state index contributed by atoms with van der Waals surface area (Å²) < 4.78 is 42.2. The Morgan fingerprint density at radius 3 is 2.68 bits per heavy atom. The molecule has 1 aromatic carbocycles. The molecule has 0 saturated carbocycles. The fourth-order valence-corrected chi connectivity index (χ4v) is 3.16. The van der Waals surface area contributed by atoms with Crippen LogP contribution < -0.4 is 5.32 Å². The van der Waals surface area contributed by atoms with Crippen molar-refractivity contribution in [1.82, 2.24) is 4.98 Å². The first-order chi connectivity index (χ1) is 10.4. The number of benzene rings is 1. The van der Waals surface area contributed by atoms with E-state index in [9.17, 15) is 18.3 Å². The lowest BCUT2D eigenvalue weighted by atomic mass is 9.69. The Bertz CT molecular complexity index is 720. The van der Waals surface area contributed by atoms with Crippen molar-refractivity contribution in [3.8, 4) is 0 Å². The zero-order valence-corrected chi connectivity index (χ0v) is 12.0. The van der Waals surface area contributed by atoms with E-state index in [1.165, 1.54) is 36.5 Å². The molecule has 2 aromatic rings. The molecule has 0 bridgehead atoms. The quantitative estimate of drug-likeness (QED) is 0.875. The lowest BCUT2D eigenvalue weighted by Crippen LogP contribution is -2.46. The van der Waals surface area contributed by atoms with Gasteiger partial charge in [-0.1, -0.05) is 17.7 Å². The molecule has 0 aliphatic carbocycles. The van der Waals surface area contributed by atoms with E-state index in [0.717, 1.165) is 0 Å². The van der Waals surface area contributed by atoms with E-state index < -0.39 is 24.6 Å². The molecule has 3 nitrogen and oxygen atoms in total. The number of aliphatic hydroxyl groups excluding tert-OH is 1. The molecule has 1 unspecified atom stereocenters. The van der Waals surface area contributed by atoms with Gasteiger partial charge in [0.2, 0.25) is 0 Å². The van der Waals surface area contributed by atoms with Crippen LogP contribution in [0.5, 0.6) is 0 Å². The molecule has 116 valence electrons. The van der Waals surface area contributed by atoms with E-state index in [2.05, 4.69) is 10.3 Å². The van der Waals surface area contributed by atoms with Crippen molar-refractivity contribution in [1.29, 1.82) is 0 Å². The number of nitrogens with one attached hydrogen (secondary N) is 1. The Morgan fingerprint density at radius 1 is 1.23 bits per heavy atom. The zero-order valence-electron chi connectivity index (χ0n) is 11.3. The smallest absolute Gasteiger partial charge is 0.396 e. The summed E-state index contributed by atoms with van der Waals surface area (Å²) in [4.78, 5) is 4.01. The summed E-state index contributed by atoms with van der Waals surface area (Å²) in [7, 11) is 0. The Kier molecular flexibility index (Phi) is 3.53. The number of hydrogen-bond acceptors (Lipinski definition) is 3. The number of pyridine rings is 1. The fraction of sp³-hybridized carbons (Fsp3) is 0.267. The van der Waals surface area contributed by atoms with Crippen molar-refractivity contribution < 1.29 is 18.3 Å². The molecular formula is C15H12ClF3N2O. The number of aromatic nitrogens is 1. The van der Waals surface area contributed by atoms with Crippen LogP contribution in [0.15, 0.2) is 36.5 Å². The first-order valence-electron chi connectivity index (χ1n) is 6.60. The van der Waals surface area contributed by atoms with Crippen LogP contribution in [0.3, 0.4) is 0 Å². The molecule has 0 amide bonds. The van der Waals surface area contributed by atoms with Crippen molar-refractivity contribution in [2.75, 3.05) is 11.9 Å². The minimum absolute atomic E-state index is 0.00190. The number of anilines is 2. The summed E-state index contributed by atoms with van der Waals surface area (Å²) in [5.41, 5.74) is -2.05. The molecule has 0 radical (unpaired) electrons. The third kappa shape index (κ3) is 2.06. The number of nitrogens with zero attached hydrogens (tertiary/aromatic N) is 1. The molecule has 0 fully saturated rings. The van der Waals surface area contributed by atoms with Crippen LogP contribution in [0.4, 0.5) is 24.7 Å². The van der Waals surface area contributed by atoms with Gasteiger partial charge in [-0.15, -0.1) is 0 Å². The first-order valence-corrected chi connectivity index (χ1v) is 6.98. The van der Waals surface area contributed by atoms with E-state index in [4.69, 9.17) is 11.6 Å². The van der Waals surface area contributed by atoms with Gasteiger partial charge < -0.3 is 10.4 Å². The molecule has 1 atom stereocenters. The number of hydrogen-bond donors (Lipinski definition) is 2. The minimum atomic E-state index is -4.60. The molecule has 7 heteroatoms. The lowest BCUT2D eigenvalue weighted by molar-refractivity contribution is -0.182. The molecule has 1 aliphatic rings. The molecule has 0 spiro atoms. The third-order valence-corrected chi connectivity index (χ3v) is 4.17. The maximum Gasteiger partial charge on any atom is 0.402 e.